The number of carboxylic acids is 1. The van der Waals surface area contributed by atoms with Gasteiger partial charge in [-0.15, -0.1) is 11.3 Å². The average molecular weight is 345 g/mol. The van der Waals surface area contributed by atoms with Gasteiger partial charge in [0.25, 0.3) is 0 Å². The maximum absolute atomic E-state index is 11.4. The second-order valence-electron chi connectivity index (χ2n) is 5.80. The van der Waals surface area contributed by atoms with Crippen LogP contribution in [0.1, 0.15) is 17.0 Å². The lowest BCUT2D eigenvalue weighted by molar-refractivity contribution is -0.135. The van der Waals surface area contributed by atoms with Crippen LogP contribution in [-0.2, 0) is 4.79 Å². The maximum atomic E-state index is 11.4. The van der Waals surface area contributed by atoms with Crippen LogP contribution in [0.25, 0.3) is 32.6 Å². The molecule has 122 valence electrons. The molecule has 0 spiro atoms. The fourth-order valence-corrected chi connectivity index (χ4v) is 3.90. The van der Waals surface area contributed by atoms with Crippen LogP contribution in [0.4, 0.5) is 0 Å². The van der Waals surface area contributed by atoms with E-state index in [9.17, 15) is 9.90 Å². The molecule has 25 heavy (non-hydrogen) atoms. The Labute approximate surface area is 148 Å². The van der Waals surface area contributed by atoms with Gasteiger partial charge in [0.1, 0.15) is 5.01 Å². The number of fused-ring (bicyclic) bond motifs is 2. The van der Waals surface area contributed by atoms with E-state index in [1.807, 2.05) is 54.6 Å². The molecule has 4 aromatic rings. The smallest absolute Gasteiger partial charge is 0.307 e. The third kappa shape index (κ3) is 3.16. The summed E-state index contributed by atoms with van der Waals surface area (Å²) in [4.78, 5) is 16.0. The highest BCUT2D eigenvalue weighted by atomic mass is 32.1. The summed E-state index contributed by atoms with van der Waals surface area (Å²) in [6, 6.07) is 22.0. The summed E-state index contributed by atoms with van der Waals surface area (Å²) < 4.78 is 1.06. The standard InChI is InChI=1S/C21H15NO2S/c23-20(24)13-16(21-22-18-10-3-4-11-19(18)25-21)12-15-8-5-7-14-6-1-2-9-17(14)15/h1-12H,13H2,(H,23,24)/b16-12+. The summed E-state index contributed by atoms with van der Waals surface area (Å²) in [6.07, 6.45) is 1.90. The van der Waals surface area contributed by atoms with Crippen LogP contribution in [0, 0.1) is 0 Å². The van der Waals surface area contributed by atoms with Crippen molar-refractivity contribution in [1.82, 2.24) is 4.98 Å². The Balaban J connectivity index is 1.88. The third-order valence-corrected chi connectivity index (χ3v) is 5.18. The van der Waals surface area contributed by atoms with E-state index in [2.05, 4.69) is 23.2 Å². The Morgan fingerprint density at radius 3 is 2.60 bits per heavy atom. The molecule has 1 aromatic heterocycles. The predicted octanol–water partition coefficient (Wildman–Crippen LogP) is 5.46. The highest BCUT2D eigenvalue weighted by Crippen LogP contribution is 2.31. The molecule has 0 aliphatic carbocycles. The number of para-hydroxylation sites is 1. The third-order valence-electron chi connectivity index (χ3n) is 4.06. The molecule has 0 aliphatic heterocycles. The lowest BCUT2D eigenvalue weighted by Crippen LogP contribution is -1.97. The summed E-state index contributed by atoms with van der Waals surface area (Å²) in [5.41, 5.74) is 2.63. The van der Waals surface area contributed by atoms with E-state index >= 15 is 0 Å². The molecule has 1 heterocycles. The highest BCUT2D eigenvalue weighted by molar-refractivity contribution is 7.19. The SMILES string of the molecule is O=C(O)C/C(=C\c1cccc2ccccc12)c1nc2ccccc2s1. The zero-order chi connectivity index (χ0) is 17.2. The lowest BCUT2D eigenvalue weighted by atomic mass is 10.0. The molecule has 0 unspecified atom stereocenters. The number of carboxylic acid groups (broad SMARTS) is 1. The number of hydrogen-bond donors (Lipinski definition) is 1. The molecule has 0 amide bonds. The van der Waals surface area contributed by atoms with Gasteiger partial charge in [0, 0.05) is 0 Å². The Kier molecular flexibility index (Phi) is 4.04. The Hall–Kier alpha value is -2.98. The summed E-state index contributed by atoms with van der Waals surface area (Å²) >= 11 is 1.53. The van der Waals surface area contributed by atoms with Gasteiger partial charge in [0.2, 0.25) is 0 Å². The first kappa shape index (κ1) is 15.5. The summed E-state index contributed by atoms with van der Waals surface area (Å²) in [7, 11) is 0. The van der Waals surface area contributed by atoms with E-state index in [-0.39, 0.29) is 6.42 Å². The predicted molar refractivity (Wildman–Crippen MR) is 104 cm³/mol. The van der Waals surface area contributed by atoms with E-state index in [0.717, 1.165) is 37.1 Å². The van der Waals surface area contributed by atoms with E-state index in [4.69, 9.17) is 0 Å². The molecule has 0 aliphatic rings. The van der Waals surface area contributed by atoms with Crippen LogP contribution in [0.5, 0.6) is 0 Å². The van der Waals surface area contributed by atoms with Crippen molar-refractivity contribution in [3.05, 3.63) is 77.3 Å². The van der Waals surface area contributed by atoms with E-state index in [1.165, 1.54) is 11.3 Å². The largest absolute Gasteiger partial charge is 0.481 e. The van der Waals surface area contributed by atoms with Crippen LogP contribution in [-0.4, -0.2) is 16.1 Å². The van der Waals surface area contributed by atoms with Gasteiger partial charge >= 0.3 is 5.97 Å². The van der Waals surface area contributed by atoms with Crippen molar-refractivity contribution in [2.24, 2.45) is 0 Å². The minimum absolute atomic E-state index is 0.0525. The van der Waals surface area contributed by atoms with Crippen LogP contribution in [0.15, 0.2) is 66.7 Å². The first-order valence-corrected chi connectivity index (χ1v) is 8.78. The summed E-state index contributed by atoms with van der Waals surface area (Å²) in [6.45, 7) is 0. The maximum Gasteiger partial charge on any atom is 0.307 e. The van der Waals surface area contributed by atoms with Gasteiger partial charge in [0.05, 0.1) is 16.6 Å². The van der Waals surface area contributed by atoms with E-state index < -0.39 is 5.97 Å². The van der Waals surface area contributed by atoms with Crippen molar-refractivity contribution in [2.75, 3.05) is 0 Å². The zero-order valence-corrected chi connectivity index (χ0v) is 14.2. The Morgan fingerprint density at radius 1 is 1.00 bits per heavy atom. The second-order valence-corrected chi connectivity index (χ2v) is 6.83. The van der Waals surface area contributed by atoms with Crippen molar-refractivity contribution in [3.8, 4) is 0 Å². The molecule has 3 nitrogen and oxygen atoms in total. The Bertz CT molecular complexity index is 1070. The minimum Gasteiger partial charge on any atom is -0.481 e. The number of nitrogens with zero attached hydrogens (tertiary/aromatic N) is 1. The van der Waals surface area contributed by atoms with Gasteiger partial charge in [-0.1, -0.05) is 54.6 Å². The van der Waals surface area contributed by atoms with Gasteiger partial charge in [-0.3, -0.25) is 4.79 Å². The monoisotopic (exact) mass is 345 g/mol. The molecule has 0 bridgehead atoms. The minimum atomic E-state index is -0.856. The number of aromatic nitrogens is 1. The fraction of sp³-hybridized carbons (Fsp3) is 0.0476. The van der Waals surface area contributed by atoms with Gasteiger partial charge < -0.3 is 5.11 Å². The van der Waals surface area contributed by atoms with Crippen LogP contribution in [0.3, 0.4) is 0 Å². The number of carbonyl (C=O) groups is 1. The fourth-order valence-electron chi connectivity index (χ4n) is 2.92. The topological polar surface area (TPSA) is 50.2 Å². The van der Waals surface area contributed by atoms with Gasteiger partial charge in [-0.25, -0.2) is 4.98 Å². The van der Waals surface area contributed by atoms with Crippen LogP contribution in [0.2, 0.25) is 0 Å². The normalized spacial score (nSPS) is 11.9. The number of rotatable bonds is 4. The number of aliphatic carboxylic acids is 1. The molecule has 1 N–H and O–H groups in total. The molecule has 0 fully saturated rings. The molecule has 0 atom stereocenters. The van der Waals surface area contributed by atoms with Crippen LogP contribution >= 0.6 is 11.3 Å². The number of hydrogen-bond acceptors (Lipinski definition) is 3. The molecule has 0 radical (unpaired) electrons. The van der Waals surface area contributed by atoms with Crippen LogP contribution < -0.4 is 0 Å². The summed E-state index contributed by atoms with van der Waals surface area (Å²) in [5, 5.41) is 12.3. The van der Waals surface area contributed by atoms with Gasteiger partial charge in [-0.2, -0.15) is 0 Å². The zero-order valence-electron chi connectivity index (χ0n) is 13.3. The molecular weight excluding hydrogens is 330 g/mol. The number of benzene rings is 3. The Morgan fingerprint density at radius 2 is 1.76 bits per heavy atom. The van der Waals surface area contributed by atoms with Crippen molar-refractivity contribution >= 4 is 49.9 Å². The second kappa shape index (κ2) is 6.49. The number of thiazole rings is 1. The van der Waals surface area contributed by atoms with E-state index in [1.54, 1.807) is 0 Å². The van der Waals surface area contributed by atoms with Gasteiger partial charge in [-0.05, 0) is 40.1 Å². The average Bonchev–Trinajstić information content (AvgIpc) is 3.05. The first-order chi connectivity index (χ1) is 12.2. The molecular formula is C21H15NO2S. The van der Waals surface area contributed by atoms with Crippen molar-refractivity contribution in [1.29, 1.82) is 0 Å². The lowest BCUT2D eigenvalue weighted by Gasteiger charge is -2.05. The summed E-state index contributed by atoms with van der Waals surface area (Å²) in [5.74, 6) is -0.856. The first-order valence-electron chi connectivity index (χ1n) is 7.97. The molecule has 0 saturated heterocycles. The molecule has 4 rings (SSSR count). The van der Waals surface area contributed by atoms with Crippen molar-refractivity contribution in [3.63, 3.8) is 0 Å². The van der Waals surface area contributed by atoms with Crippen molar-refractivity contribution in [2.45, 2.75) is 6.42 Å². The molecule has 4 heteroatoms. The van der Waals surface area contributed by atoms with Gasteiger partial charge in [0.15, 0.2) is 0 Å². The van der Waals surface area contributed by atoms with E-state index in [0.29, 0.717) is 0 Å². The quantitative estimate of drug-likeness (QED) is 0.534. The molecule has 3 aromatic carbocycles. The van der Waals surface area contributed by atoms with Crippen molar-refractivity contribution < 1.29 is 9.90 Å². The highest BCUT2D eigenvalue weighted by Gasteiger charge is 2.13. The molecule has 0 saturated carbocycles.